The summed E-state index contributed by atoms with van der Waals surface area (Å²) < 4.78 is 17.1. The van der Waals surface area contributed by atoms with Crippen molar-refractivity contribution in [1.82, 2.24) is 9.38 Å². The molecular formula is C19H18N2O5. The van der Waals surface area contributed by atoms with E-state index in [0.29, 0.717) is 22.8 Å². The van der Waals surface area contributed by atoms with Gasteiger partial charge in [0.2, 0.25) is 0 Å². The van der Waals surface area contributed by atoms with Gasteiger partial charge in [-0.3, -0.25) is 9.20 Å². The third kappa shape index (κ3) is 3.51. The van der Waals surface area contributed by atoms with Gasteiger partial charge in [-0.25, -0.2) is 9.78 Å². The van der Waals surface area contributed by atoms with E-state index in [4.69, 9.17) is 14.2 Å². The number of hydrogen-bond acceptors (Lipinski definition) is 6. The molecule has 0 saturated carbocycles. The number of carbonyl (C=O) groups is 1. The van der Waals surface area contributed by atoms with Crippen molar-refractivity contribution < 1.29 is 19.0 Å². The van der Waals surface area contributed by atoms with Gasteiger partial charge in [-0.1, -0.05) is 6.07 Å². The van der Waals surface area contributed by atoms with Crippen molar-refractivity contribution in [2.45, 2.75) is 13.5 Å². The van der Waals surface area contributed by atoms with Gasteiger partial charge in [0, 0.05) is 17.8 Å². The summed E-state index contributed by atoms with van der Waals surface area (Å²) in [5.41, 5.74) is 1.74. The van der Waals surface area contributed by atoms with Crippen molar-refractivity contribution in [3.63, 3.8) is 0 Å². The van der Waals surface area contributed by atoms with Gasteiger partial charge < -0.3 is 14.2 Å². The first-order valence-electron chi connectivity index (χ1n) is 7.90. The second-order valence-electron chi connectivity index (χ2n) is 5.62. The fourth-order valence-electron chi connectivity index (χ4n) is 2.59. The zero-order chi connectivity index (χ0) is 18.7. The molecule has 0 bridgehead atoms. The average molecular weight is 354 g/mol. The summed E-state index contributed by atoms with van der Waals surface area (Å²) in [6, 6.07) is 11.5. The van der Waals surface area contributed by atoms with Crippen LogP contribution in [0.25, 0.3) is 5.65 Å². The van der Waals surface area contributed by atoms with E-state index in [1.807, 2.05) is 19.1 Å². The lowest BCUT2D eigenvalue weighted by molar-refractivity contribution is 0.0467. The predicted octanol–water partition coefficient (Wildman–Crippen LogP) is 2.38. The lowest BCUT2D eigenvalue weighted by Crippen LogP contribution is -2.18. The van der Waals surface area contributed by atoms with Crippen molar-refractivity contribution in [2.75, 3.05) is 14.2 Å². The van der Waals surface area contributed by atoms with Crippen LogP contribution in [0.1, 0.15) is 21.7 Å². The molecule has 2 aromatic heterocycles. The molecule has 0 fully saturated rings. The van der Waals surface area contributed by atoms with Gasteiger partial charge in [0.05, 0.1) is 25.5 Å². The molecule has 7 heteroatoms. The molecule has 0 saturated heterocycles. The van der Waals surface area contributed by atoms with Crippen molar-refractivity contribution in [3.05, 3.63) is 69.8 Å². The minimum Gasteiger partial charge on any atom is -0.497 e. The van der Waals surface area contributed by atoms with Crippen LogP contribution in [0.4, 0.5) is 0 Å². The van der Waals surface area contributed by atoms with E-state index < -0.39 is 5.97 Å². The summed E-state index contributed by atoms with van der Waals surface area (Å²) in [6.07, 6.45) is 0. The predicted molar refractivity (Wildman–Crippen MR) is 94.9 cm³/mol. The Kier molecular flexibility index (Phi) is 4.88. The van der Waals surface area contributed by atoms with Crippen molar-refractivity contribution in [1.29, 1.82) is 0 Å². The maximum Gasteiger partial charge on any atom is 0.338 e. The molecule has 0 atom stereocenters. The number of aromatic nitrogens is 2. The maximum absolute atomic E-state index is 12.3. The van der Waals surface area contributed by atoms with Crippen LogP contribution in [0.15, 0.2) is 47.3 Å². The van der Waals surface area contributed by atoms with Gasteiger partial charge in [-0.15, -0.1) is 0 Å². The molecule has 0 unspecified atom stereocenters. The van der Waals surface area contributed by atoms with Gasteiger partial charge in [0.15, 0.2) is 0 Å². The van der Waals surface area contributed by atoms with Crippen LogP contribution >= 0.6 is 0 Å². The smallest absolute Gasteiger partial charge is 0.338 e. The minimum absolute atomic E-state index is 0.113. The number of nitrogens with zero attached hydrogens (tertiary/aromatic N) is 2. The molecule has 0 spiro atoms. The molecule has 26 heavy (non-hydrogen) atoms. The van der Waals surface area contributed by atoms with Gasteiger partial charge in [-0.2, -0.15) is 0 Å². The van der Waals surface area contributed by atoms with Crippen LogP contribution in [-0.4, -0.2) is 29.6 Å². The largest absolute Gasteiger partial charge is 0.497 e. The van der Waals surface area contributed by atoms with Gasteiger partial charge in [0.1, 0.15) is 23.8 Å². The molecule has 7 nitrogen and oxygen atoms in total. The first-order valence-corrected chi connectivity index (χ1v) is 7.90. The fourth-order valence-corrected chi connectivity index (χ4v) is 2.59. The highest BCUT2D eigenvalue weighted by atomic mass is 16.5. The lowest BCUT2D eigenvalue weighted by atomic mass is 10.2. The monoisotopic (exact) mass is 354 g/mol. The van der Waals surface area contributed by atoms with E-state index in [0.717, 1.165) is 5.69 Å². The van der Waals surface area contributed by atoms with Crippen LogP contribution in [0, 0.1) is 6.92 Å². The topological polar surface area (TPSA) is 79.1 Å². The van der Waals surface area contributed by atoms with E-state index in [1.165, 1.54) is 24.7 Å². The van der Waals surface area contributed by atoms with Crippen LogP contribution in [-0.2, 0) is 11.3 Å². The molecule has 0 amide bonds. The summed E-state index contributed by atoms with van der Waals surface area (Å²) in [6.45, 7) is 1.71. The second-order valence-corrected chi connectivity index (χ2v) is 5.62. The molecule has 3 aromatic rings. The Balaban J connectivity index is 1.82. The quantitative estimate of drug-likeness (QED) is 0.655. The van der Waals surface area contributed by atoms with Crippen LogP contribution in [0.2, 0.25) is 0 Å². The lowest BCUT2D eigenvalue weighted by Gasteiger charge is -2.09. The number of fused-ring (bicyclic) bond motifs is 1. The number of ether oxygens (including phenoxy) is 3. The van der Waals surface area contributed by atoms with E-state index in [9.17, 15) is 9.59 Å². The Labute approximate surface area is 149 Å². The number of aryl methyl sites for hydroxylation is 1. The van der Waals surface area contributed by atoms with Crippen molar-refractivity contribution in [2.24, 2.45) is 0 Å². The Hall–Kier alpha value is -3.35. The van der Waals surface area contributed by atoms with Crippen LogP contribution in [0.5, 0.6) is 11.5 Å². The molecule has 0 N–H and O–H groups in total. The minimum atomic E-state index is -0.562. The standard InChI is InChI=1S/C19H18N2O5/c1-12-5-4-6-17-20-14(9-18(22)21(12)17)11-26-19(23)13-7-15(24-2)10-16(8-13)25-3/h4-10H,11H2,1-3H3. The number of esters is 1. The highest BCUT2D eigenvalue weighted by Crippen LogP contribution is 2.23. The first kappa shape index (κ1) is 17.5. The number of carbonyl (C=O) groups excluding carboxylic acids is 1. The Morgan fingerprint density at radius 1 is 1.08 bits per heavy atom. The van der Waals surface area contributed by atoms with E-state index in [1.54, 1.807) is 24.3 Å². The van der Waals surface area contributed by atoms with Crippen LogP contribution in [0.3, 0.4) is 0 Å². The zero-order valence-corrected chi connectivity index (χ0v) is 14.7. The molecule has 0 aliphatic heterocycles. The van der Waals surface area contributed by atoms with E-state index in [2.05, 4.69) is 4.98 Å². The number of pyridine rings is 1. The summed E-state index contributed by atoms with van der Waals surface area (Å²) in [4.78, 5) is 28.9. The molecule has 2 heterocycles. The van der Waals surface area contributed by atoms with Crippen molar-refractivity contribution >= 4 is 11.6 Å². The molecule has 0 aliphatic rings. The molecular weight excluding hydrogens is 336 g/mol. The summed E-state index contributed by atoms with van der Waals surface area (Å²) >= 11 is 0. The van der Waals surface area contributed by atoms with E-state index >= 15 is 0 Å². The Morgan fingerprint density at radius 3 is 2.42 bits per heavy atom. The Morgan fingerprint density at radius 2 is 1.77 bits per heavy atom. The second kappa shape index (κ2) is 7.26. The average Bonchev–Trinajstić information content (AvgIpc) is 2.65. The van der Waals surface area contributed by atoms with Gasteiger partial charge in [-0.05, 0) is 31.2 Å². The molecule has 3 rings (SSSR count). The normalized spacial score (nSPS) is 10.6. The maximum atomic E-state index is 12.3. The molecule has 0 radical (unpaired) electrons. The van der Waals surface area contributed by atoms with Gasteiger partial charge in [0.25, 0.3) is 5.56 Å². The number of methoxy groups -OCH3 is 2. The van der Waals surface area contributed by atoms with Crippen LogP contribution < -0.4 is 15.0 Å². The molecule has 134 valence electrons. The first-order chi connectivity index (χ1) is 12.5. The van der Waals surface area contributed by atoms with Crippen molar-refractivity contribution in [3.8, 4) is 11.5 Å². The summed E-state index contributed by atoms with van der Waals surface area (Å²) in [7, 11) is 3.00. The Bertz CT molecular complexity index is 1000. The highest BCUT2D eigenvalue weighted by Gasteiger charge is 2.13. The summed E-state index contributed by atoms with van der Waals surface area (Å²) in [5, 5.41) is 0. The highest BCUT2D eigenvalue weighted by molar-refractivity contribution is 5.90. The SMILES string of the molecule is COc1cc(OC)cc(C(=O)OCc2cc(=O)n3c(C)cccc3n2)c1. The fraction of sp³-hybridized carbons (Fsp3) is 0.211. The molecule has 1 aromatic carbocycles. The third-order valence-corrected chi connectivity index (χ3v) is 3.87. The van der Waals surface area contributed by atoms with E-state index in [-0.39, 0.29) is 17.7 Å². The summed E-state index contributed by atoms with van der Waals surface area (Å²) in [5.74, 6) is 0.399. The zero-order valence-electron chi connectivity index (χ0n) is 14.7. The number of benzene rings is 1. The number of hydrogen-bond donors (Lipinski definition) is 0. The number of rotatable bonds is 5. The van der Waals surface area contributed by atoms with Gasteiger partial charge >= 0.3 is 5.97 Å². The third-order valence-electron chi connectivity index (χ3n) is 3.87. The molecule has 0 aliphatic carbocycles.